The predicted molar refractivity (Wildman–Crippen MR) is 101 cm³/mol. The number of nitrogens with zero attached hydrogens (tertiary/aromatic N) is 1. The number of allylic oxidation sites excluding steroid dienone is 1. The number of carbonyl (C=O) groups is 2. The van der Waals surface area contributed by atoms with Gasteiger partial charge in [0.05, 0.1) is 24.8 Å². The molecule has 0 aliphatic carbocycles. The molecule has 4 nitrogen and oxygen atoms in total. The number of halogens is 1. The van der Waals surface area contributed by atoms with E-state index in [1.165, 1.54) is 7.11 Å². The molecule has 1 aliphatic heterocycles. The number of benzene rings is 2. The standard InChI is InChI=1S/C21H18ClNO3/c1-14-19(21(25)26-2)18(12-15-8-10-17(22)11-9-15)20(24)23(14)13-16-6-4-3-5-7-16/h3-12H,13H2,1-2H3/b18-12-. The summed E-state index contributed by atoms with van der Waals surface area (Å²) in [6, 6.07) is 16.7. The van der Waals surface area contributed by atoms with Gasteiger partial charge in [-0.05, 0) is 36.3 Å². The first-order valence-electron chi connectivity index (χ1n) is 8.14. The molecule has 1 heterocycles. The summed E-state index contributed by atoms with van der Waals surface area (Å²) in [5.41, 5.74) is 2.98. The highest BCUT2D eigenvalue weighted by Crippen LogP contribution is 2.32. The summed E-state index contributed by atoms with van der Waals surface area (Å²) in [6.45, 7) is 2.15. The van der Waals surface area contributed by atoms with Gasteiger partial charge in [0.1, 0.15) is 0 Å². The Morgan fingerprint density at radius 1 is 1.12 bits per heavy atom. The Morgan fingerprint density at radius 2 is 1.77 bits per heavy atom. The summed E-state index contributed by atoms with van der Waals surface area (Å²) in [4.78, 5) is 26.9. The average molecular weight is 368 g/mol. The number of ether oxygens (including phenoxy) is 1. The zero-order valence-electron chi connectivity index (χ0n) is 14.5. The molecule has 0 unspecified atom stereocenters. The van der Waals surface area contributed by atoms with E-state index in [0.717, 1.165) is 11.1 Å². The molecule has 5 heteroatoms. The Morgan fingerprint density at radius 3 is 2.38 bits per heavy atom. The Hall–Kier alpha value is -2.85. The Kier molecular flexibility index (Phi) is 5.24. The van der Waals surface area contributed by atoms with Crippen LogP contribution in [0.1, 0.15) is 18.1 Å². The molecule has 0 N–H and O–H groups in total. The maximum absolute atomic E-state index is 13.0. The highest BCUT2D eigenvalue weighted by Gasteiger charge is 2.36. The van der Waals surface area contributed by atoms with Crippen LogP contribution in [-0.2, 0) is 20.9 Å². The molecule has 0 fully saturated rings. The smallest absolute Gasteiger partial charge is 0.340 e. The maximum atomic E-state index is 13.0. The van der Waals surface area contributed by atoms with Gasteiger partial charge in [-0.1, -0.05) is 54.1 Å². The minimum Gasteiger partial charge on any atom is -0.465 e. The van der Waals surface area contributed by atoms with E-state index in [1.807, 2.05) is 30.3 Å². The molecule has 132 valence electrons. The summed E-state index contributed by atoms with van der Waals surface area (Å²) in [5.74, 6) is -0.742. The molecule has 0 saturated heterocycles. The number of hydrogen-bond donors (Lipinski definition) is 0. The van der Waals surface area contributed by atoms with Gasteiger partial charge in [0.25, 0.3) is 5.91 Å². The van der Waals surface area contributed by atoms with Crippen molar-refractivity contribution < 1.29 is 14.3 Å². The van der Waals surface area contributed by atoms with Gasteiger partial charge in [-0.25, -0.2) is 4.79 Å². The number of methoxy groups -OCH3 is 1. The fourth-order valence-corrected chi connectivity index (χ4v) is 3.04. The highest BCUT2D eigenvalue weighted by molar-refractivity contribution is 6.30. The second-order valence-electron chi connectivity index (χ2n) is 5.94. The van der Waals surface area contributed by atoms with Gasteiger partial charge in [-0.3, -0.25) is 4.79 Å². The molecular formula is C21H18ClNO3. The van der Waals surface area contributed by atoms with E-state index < -0.39 is 5.97 Å². The van der Waals surface area contributed by atoms with Crippen molar-refractivity contribution in [3.05, 3.63) is 87.6 Å². The normalized spacial score (nSPS) is 15.7. The van der Waals surface area contributed by atoms with E-state index in [2.05, 4.69) is 0 Å². The lowest BCUT2D eigenvalue weighted by atomic mass is 10.0. The summed E-state index contributed by atoms with van der Waals surface area (Å²) in [5, 5.41) is 0.607. The van der Waals surface area contributed by atoms with Crippen LogP contribution >= 0.6 is 11.6 Å². The minimum atomic E-state index is -0.522. The first-order chi connectivity index (χ1) is 12.5. The lowest BCUT2D eigenvalue weighted by Gasteiger charge is -2.17. The molecule has 0 aromatic heterocycles. The fourth-order valence-electron chi connectivity index (χ4n) is 2.91. The number of rotatable bonds is 4. The highest BCUT2D eigenvalue weighted by atomic mass is 35.5. The molecule has 3 rings (SSSR count). The van der Waals surface area contributed by atoms with Crippen molar-refractivity contribution in [1.29, 1.82) is 0 Å². The van der Waals surface area contributed by atoms with E-state index in [1.54, 1.807) is 42.2 Å². The Bertz CT molecular complexity index is 899. The van der Waals surface area contributed by atoms with Crippen molar-refractivity contribution in [3.8, 4) is 0 Å². The third kappa shape index (κ3) is 3.55. The van der Waals surface area contributed by atoms with E-state index >= 15 is 0 Å². The summed E-state index contributed by atoms with van der Waals surface area (Å²) in [7, 11) is 1.31. The van der Waals surface area contributed by atoms with Crippen LogP contribution in [0.5, 0.6) is 0 Å². The van der Waals surface area contributed by atoms with Gasteiger partial charge in [0.2, 0.25) is 0 Å². The molecule has 0 spiro atoms. The molecule has 0 radical (unpaired) electrons. The first-order valence-corrected chi connectivity index (χ1v) is 8.51. The van der Waals surface area contributed by atoms with Crippen LogP contribution in [0.15, 0.2) is 71.4 Å². The number of amides is 1. The average Bonchev–Trinajstić information content (AvgIpc) is 2.88. The molecule has 0 atom stereocenters. The minimum absolute atomic E-state index is 0.221. The third-order valence-corrected chi connectivity index (χ3v) is 4.52. The third-order valence-electron chi connectivity index (χ3n) is 4.27. The van der Waals surface area contributed by atoms with Gasteiger partial charge >= 0.3 is 5.97 Å². The zero-order valence-corrected chi connectivity index (χ0v) is 15.3. The molecule has 1 amide bonds. The van der Waals surface area contributed by atoms with Crippen LogP contribution in [0.2, 0.25) is 5.02 Å². The SMILES string of the molecule is COC(=O)C1=C(C)N(Cc2ccccc2)C(=O)/C1=C\c1ccc(Cl)cc1. The van der Waals surface area contributed by atoms with Crippen LogP contribution in [0.3, 0.4) is 0 Å². The number of hydrogen-bond acceptors (Lipinski definition) is 3. The summed E-state index contributed by atoms with van der Waals surface area (Å²) >= 11 is 5.92. The lowest BCUT2D eigenvalue weighted by Crippen LogP contribution is -2.24. The summed E-state index contributed by atoms with van der Waals surface area (Å²) in [6.07, 6.45) is 1.69. The first kappa shape index (κ1) is 18.0. The maximum Gasteiger partial charge on any atom is 0.340 e. The van der Waals surface area contributed by atoms with Crippen LogP contribution in [0.4, 0.5) is 0 Å². The van der Waals surface area contributed by atoms with E-state index in [-0.39, 0.29) is 5.91 Å². The molecule has 1 aliphatic rings. The van der Waals surface area contributed by atoms with Crippen molar-refractivity contribution in [2.45, 2.75) is 13.5 Å². The van der Waals surface area contributed by atoms with Gasteiger partial charge in [-0.2, -0.15) is 0 Å². The molecule has 0 bridgehead atoms. The van der Waals surface area contributed by atoms with Crippen LogP contribution in [0.25, 0.3) is 6.08 Å². The van der Waals surface area contributed by atoms with E-state index in [9.17, 15) is 9.59 Å². The van der Waals surface area contributed by atoms with Crippen molar-refractivity contribution in [2.24, 2.45) is 0 Å². The fraction of sp³-hybridized carbons (Fsp3) is 0.143. The summed E-state index contributed by atoms with van der Waals surface area (Å²) < 4.78 is 4.90. The zero-order chi connectivity index (χ0) is 18.7. The van der Waals surface area contributed by atoms with Crippen molar-refractivity contribution in [2.75, 3.05) is 7.11 Å². The Labute approximate surface area is 157 Å². The lowest BCUT2D eigenvalue weighted by molar-refractivity contribution is -0.136. The monoisotopic (exact) mass is 367 g/mol. The molecule has 2 aromatic rings. The van der Waals surface area contributed by atoms with E-state index in [0.29, 0.717) is 28.4 Å². The van der Waals surface area contributed by atoms with Gasteiger partial charge < -0.3 is 9.64 Å². The topological polar surface area (TPSA) is 46.6 Å². The van der Waals surface area contributed by atoms with Crippen LogP contribution in [0, 0.1) is 0 Å². The van der Waals surface area contributed by atoms with Crippen LogP contribution < -0.4 is 0 Å². The molecule has 0 saturated carbocycles. The second-order valence-corrected chi connectivity index (χ2v) is 6.37. The van der Waals surface area contributed by atoms with Crippen molar-refractivity contribution >= 4 is 29.6 Å². The van der Waals surface area contributed by atoms with Crippen molar-refractivity contribution in [3.63, 3.8) is 0 Å². The van der Waals surface area contributed by atoms with E-state index in [4.69, 9.17) is 16.3 Å². The molecule has 2 aromatic carbocycles. The predicted octanol–water partition coefficient (Wildman–Crippen LogP) is 4.21. The number of carbonyl (C=O) groups excluding carboxylic acids is 2. The number of esters is 1. The second kappa shape index (κ2) is 7.58. The Balaban J connectivity index is 2.02. The van der Waals surface area contributed by atoms with Gasteiger partial charge in [0, 0.05) is 10.7 Å². The van der Waals surface area contributed by atoms with Crippen molar-refractivity contribution in [1.82, 2.24) is 4.90 Å². The molecule has 26 heavy (non-hydrogen) atoms. The quantitative estimate of drug-likeness (QED) is 0.600. The largest absolute Gasteiger partial charge is 0.465 e. The molecular weight excluding hydrogens is 350 g/mol. The van der Waals surface area contributed by atoms with Gasteiger partial charge in [0.15, 0.2) is 0 Å². The van der Waals surface area contributed by atoms with Gasteiger partial charge in [-0.15, -0.1) is 0 Å². The van der Waals surface area contributed by atoms with Crippen LogP contribution in [-0.4, -0.2) is 23.9 Å².